The molecule has 0 amide bonds. The van der Waals surface area contributed by atoms with Gasteiger partial charge in [-0.05, 0) is 50.9 Å². The highest BCUT2D eigenvalue weighted by Crippen LogP contribution is 2.26. The van der Waals surface area contributed by atoms with Gasteiger partial charge in [0.1, 0.15) is 5.69 Å². The molecule has 0 spiro atoms. The summed E-state index contributed by atoms with van der Waals surface area (Å²) in [6.45, 7) is 1.91. The zero-order valence-electron chi connectivity index (χ0n) is 8.91. The van der Waals surface area contributed by atoms with Gasteiger partial charge < -0.3 is 0 Å². The van der Waals surface area contributed by atoms with Gasteiger partial charge in [-0.25, -0.2) is 9.97 Å². The predicted molar refractivity (Wildman–Crippen MR) is 75.0 cm³/mol. The van der Waals surface area contributed by atoms with Crippen LogP contribution >= 0.6 is 43.5 Å². The van der Waals surface area contributed by atoms with Crippen LogP contribution in [0.25, 0.3) is 11.5 Å². The summed E-state index contributed by atoms with van der Waals surface area (Å²) in [6.07, 6.45) is 1.71. The lowest BCUT2D eigenvalue weighted by Gasteiger charge is -2.05. The van der Waals surface area contributed by atoms with Gasteiger partial charge in [0.2, 0.25) is 0 Å². The van der Waals surface area contributed by atoms with Crippen LogP contribution in [-0.4, -0.2) is 15.0 Å². The highest BCUT2D eigenvalue weighted by molar-refractivity contribution is 9.11. The van der Waals surface area contributed by atoms with Crippen LogP contribution in [-0.2, 0) is 5.88 Å². The Balaban J connectivity index is 2.55. The summed E-state index contributed by atoms with van der Waals surface area (Å²) in [6, 6.07) is 3.78. The highest BCUT2D eigenvalue weighted by Gasteiger charge is 2.10. The van der Waals surface area contributed by atoms with Crippen molar-refractivity contribution in [2.75, 3.05) is 0 Å². The number of alkyl halides is 1. The van der Waals surface area contributed by atoms with Gasteiger partial charge in [0.05, 0.1) is 11.6 Å². The minimum atomic E-state index is 0.366. The normalized spacial score (nSPS) is 10.6. The highest BCUT2D eigenvalue weighted by atomic mass is 79.9. The fourth-order valence-electron chi connectivity index (χ4n) is 1.39. The summed E-state index contributed by atoms with van der Waals surface area (Å²) in [7, 11) is 0. The van der Waals surface area contributed by atoms with Crippen molar-refractivity contribution >= 4 is 43.5 Å². The third-order valence-corrected chi connectivity index (χ3v) is 3.38. The number of halogens is 3. The van der Waals surface area contributed by atoms with Crippen LogP contribution in [0.3, 0.4) is 0 Å². The summed E-state index contributed by atoms with van der Waals surface area (Å²) >= 11 is 12.6. The molecule has 0 atom stereocenters. The Hall–Kier alpha value is -0.520. The van der Waals surface area contributed by atoms with Crippen molar-refractivity contribution < 1.29 is 0 Å². The van der Waals surface area contributed by atoms with Crippen molar-refractivity contribution in [3.05, 3.63) is 38.7 Å². The van der Waals surface area contributed by atoms with Crippen LogP contribution < -0.4 is 0 Å². The third-order valence-electron chi connectivity index (χ3n) is 2.06. The van der Waals surface area contributed by atoms with E-state index in [0.717, 1.165) is 20.3 Å². The zero-order chi connectivity index (χ0) is 12.4. The van der Waals surface area contributed by atoms with Crippen LogP contribution in [0.15, 0.2) is 27.3 Å². The molecule has 0 saturated heterocycles. The average molecular weight is 377 g/mol. The Kier molecular flexibility index (Phi) is 4.12. The molecule has 0 N–H and O–H groups in total. The van der Waals surface area contributed by atoms with E-state index in [0.29, 0.717) is 17.4 Å². The number of aromatic nitrogens is 3. The lowest BCUT2D eigenvalue weighted by atomic mass is 10.3. The molecule has 0 unspecified atom stereocenters. The Labute approximate surface area is 121 Å². The SMILES string of the molecule is Cc1cc(CCl)nc(-c2ncc(Br)cc2Br)n1. The van der Waals surface area contributed by atoms with Crippen LogP contribution in [0.1, 0.15) is 11.4 Å². The van der Waals surface area contributed by atoms with E-state index in [1.165, 1.54) is 0 Å². The smallest absolute Gasteiger partial charge is 0.179 e. The Morgan fingerprint density at radius 3 is 2.65 bits per heavy atom. The maximum atomic E-state index is 5.79. The van der Waals surface area contributed by atoms with Gasteiger partial charge in [0.15, 0.2) is 5.82 Å². The molecule has 0 aliphatic carbocycles. The van der Waals surface area contributed by atoms with E-state index in [2.05, 4.69) is 46.8 Å². The summed E-state index contributed by atoms with van der Waals surface area (Å²) in [5.74, 6) is 0.949. The molecule has 6 heteroatoms. The van der Waals surface area contributed by atoms with Crippen LogP contribution in [0.4, 0.5) is 0 Å². The van der Waals surface area contributed by atoms with E-state index < -0.39 is 0 Å². The second kappa shape index (κ2) is 5.42. The van der Waals surface area contributed by atoms with Gasteiger partial charge in [-0.2, -0.15) is 0 Å². The van der Waals surface area contributed by atoms with Crippen LogP contribution in [0.2, 0.25) is 0 Å². The zero-order valence-corrected chi connectivity index (χ0v) is 12.8. The second-order valence-corrected chi connectivity index (χ2v) is 5.48. The molecule has 3 nitrogen and oxygen atoms in total. The molecule has 0 saturated carbocycles. The summed E-state index contributed by atoms with van der Waals surface area (Å²) in [5, 5.41) is 0. The lowest BCUT2D eigenvalue weighted by Crippen LogP contribution is -1.98. The molecule has 2 rings (SSSR count). The minimum Gasteiger partial charge on any atom is -0.251 e. The molecule has 2 heterocycles. The van der Waals surface area contributed by atoms with Crippen molar-refractivity contribution in [1.82, 2.24) is 15.0 Å². The number of nitrogens with zero attached hydrogens (tertiary/aromatic N) is 3. The van der Waals surface area contributed by atoms with Crippen molar-refractivity contribution in [3.63, 3.8) is 0 Å². The van der Waals surface area contributed by atoms with Gasteiger partial charge >= 0.3 is 0 Å². The van der Waals surface area contributed by atoms with E-state index >= 15 is 0 Å². The largest absolute Gasteiger partial charge is 0.251 e. The summed E-state index contributed by atoms with van der Waals surface area (Å²) < 4.78 is 1.75. The Bertz CT molecular complexity index is 560. The van der Waals surface area contributed by atoms with E-state index in [1.54, 1.807) is 6.20 Å². The first-order chi connectivity index (χ1) is 8.10. The summed E-state index contributed by atoms with van der Waals surface area (Å²) in [5.41, 5.74) is 2.39. The van der Waals surface area contributed by atoms with Crippen molar-refractivity contribution in [2.45, 2.75) is 12.8 Å². The predicted octanol–water partition coefficient (Wildman–Crippen LogP) is 4.11. The number of hydrogen-bond donors (Lipinski definition) is 0. The Morgan fingerprint density at radius 2 is 2.00 bits per heavy atom. The molecular formula is C11H8Br2ClN3. The minimum absolute atomic E-state index is 0.366. The Morgan fingerprint density at radius 1 is 1.24 bits per heavy atom. The molecule has 17 heavy (non-hydrogen) atoms. The monoisotopic (exact) mass is 375 g/mol. The third kappa shape index (κ3) is 3.03. The average Bonchev–Trinajstić information content (AvgIpc) is 2.28. The fourth-order valence-corrected chi connectivity index (χ4v) is 2.69. The van der Waals surface area contributed by atoms with Crippen LogP contribution in [0, 0.1) is 6.92 Å². The lowest BCUT2D eigenvalue weighted by molar-refractivity contribution is 1.03. The number of pyridine rings is 1. The quantitative estimate of drug-likeness (QED) is 0.740. The molecule has 0 fully saturated rings. The maximum absolute atomic E-state index is 5.79. The van der Waals surface area contributed by atoms with Gasteiger partial charge in [-0.1, -0.05) is 0 Å². The van der Waals surface area contributed by atoms with E-state index in [9.17, 15) is 0 Å². The van der Waals surface area contributed by atoms with Crippen LogP contribution in [0.5, 0.6) is 0 Å². The molecular weight excluding hydrogens is 369 g/mol. The molecule has 2 aromatic heterocycles. The molecule has 0 bridgehead atoms. The topological polar surface area (TPSA) is 38.7 Å². The number of hydrogen-bond acceptors (Lipinski definition) is 3. The number of aryl methyl sites for hydroxylation is 1. The first-order valence-corrected chi connectivity index (χ1v) is 6.94. The van der Waals surface area contributed by atoms with Gasteiger partial charge in [-0.15, -0.1) is 11.6 Å². The van der Waals surface area contributed by atoms with E-state index in [-0.39, 0.29) is 0 Å². The van der Waals surface area contributed by atoms with Gasteiger partial charge in [0, 0.05) is 20.8 Å². The molecule has 0 aliphatic rings. The molecule has 0 aromatic carbocycles. The molecule has 0 aliphatic heterocycles. The second-order valence-electron chi connectivity index (χ2n) is 3.44. The molecule has 2 aromatic rings. The van der Waals surface area contributed by atoms with Gasteiger partial charge in [0.25, 0.3) is 0 Å². The maximum Gasteiger partial charge on any atom is 0.179 e. The van der Waals surface area contributed by atoms with E-state index in [4.69, 9.17) is 11.6 Å². The molecule has 0 radical (unpaired) electrons. The number of rotatable bonds is 2. The van der Waals surface area contributed by atoms with Crippen molar-refractivity contribution in [3.8, 4) is 11.5 Å². The van der Waals surface area contributed by atoms with E-state index in [1.807, 2.05) is 19.1 Å². The van der Waals surface area contributed by atoms with Crippen molar-refractivity contribution in [1.29, 1.82) is 0 Å². The summed E-state index contributed by atoms with van der Waals surface area (Å²) in [4.78, 5) is 13.0. The first-order valence-electron chi connectivity index (χ1n) is 4.82. The van der Waals surface area contributed by atoms with Gasteiger partial charge in [-0.3, -0.25) is 4.98 Å². The standard InChI is InChI=1S/C11H8Br2ClN3/c1-6-2-8(4-14)17-11(16-6)10-9(13)3-7(12)5-15-10/h2-3,5H,4H2,1H3. The molecule has 88 valence electrons. The first kappa shape index (κ1) is 12.9. The fraction of sp³-hybridized carbons (Fsp3) is 0.182. The van der Waals surface area contributed by atoms with Crippen molar-refractivity contribution in [2.24, 2.45) is 0 Å².